The molecule has 5 nitrogen and oxygen atoms in total. The molecule has 0 fully saturated rings. The minimum absolute atomic E-state index is 0.0640. The van der Waals surface area contributed by atoms with E-state index >= 15 is 0 Å². The lowest BCUT2D eigenvalue weighted by atomic mass is 10.1. The zero-order valence-corrected chi connectivity index (χ0v) is 11.2. The van der Waals surface area contributed by atoms with E-state index in [-0.39, 0.29) is 5.56 Å². The van der Waals surface area contributed by atoms with Crippen LogP contribution in [0, 0.1) is 0 Å². The number of benzene rings is 1. The average molecular weight is 276 g/mol. The minimum Gasteiger partial charge on any atom is -0.355 e. The number of nitrogens with one attached hydrogen (secondary N) is 1. The third-order valence-electron chi connectivity index (χ3n) is 3.62. The molecule has 0 aliphatic carbocycles. The molecule has 1 aromatic carbocycles. The fraction of sp³-hybridized carbons (Fsp3) is 0.0625. The fourth-order valence-corrected chi connectivity index (χ4v) is 2.56. The normalized spacial score (nSPS) is 11.2. The van der Waals surface area contributed by atoms with E-state index in [9.17, 15) is 4.79 Å². The summed E-state index contributed by atoms with van der Waals surface area (Å²) < 4.78 is 1.61. The van der Waals surface area contributed by atoms with Crippen LogP contribution >= 0.6 is 0 Å². The second kappa shape index (κ2) is 4.56. The highest BCUT2D eigenvalue weighted by Crippen LogP contribution is 2.16. The first-order valence-corrected chi connectivity index (χ1v) is 6.68. The van der Waals surface area contributed by atoms with Crippen molar-refractivity contribution in [1.29, 1.82) is 0 Å². The van der Waals surface area contributed by atoms with E-state index in [4.69, 9.17) is 0 Å². The summed E-state index contributed by atoms with van der Waals surface area (Å²) in [5.41, 5.74) is 3.14. The first kappa shape index (κ1) is 11.8. The van der Waals surface area contributed by atoms with Crippen molar-refractivity contribution in [2.45, 2.75) is 6.54 Å². The number of pyridine rings is 1. The van der Waals surface area contributed by atoms with Crippen LogP contribution < -0.4 is 5.56 Å². The molecule has 4 aromatic rings. The molecule has 0 saturated carbocycles. The largest absolute Gasteiger partial charge is 0.355 e. The molecule has 5 heteroatoms. The van der Waals surface area contributed by atoms with E-state index in [1.165, 1.54) is 0 Å². The van der Waals surface area contributed by atoms with Crippen molar-refractivity contribution in [3.05, 3.63) is 71.0 Å². The van der Waals surface area contributed by atoms with Crippen LogP contribution in [0.4, 0.5) is 0 Å². The van der Waals surface area contributed by atoms with Crippen LogP contribution in [0.3, 0.4) is 0 Å². The van der Waals surface area contributed by atoms with Gasteiger partial charge in [-0.05, 0) is 23.8 Å². The average Bonchev–Trinajstić information content (AvgIpc) is 3.00. The van der Waals surface area contributed by atoms with Crippen LogP contribution in [-0.4, -0.2) is 19.5 Å². The van der Waals surface area contributed by atoms with Crippen molar-refractivity contribution >= 4 is 21.9 Å². The third kappa shape index (κ3) is 1.90. The number of nitrogens with zero attached hydrogens (tertiary/aromatic N) is 3. The third-order valence-corrected chi connectivity index (χ3v) is 3.62. The Bertz CT molecular complexity index is 994. The van der Waals surface area contributed by atoms with Gasteiger partial charge in [0.2, 0.25) is 0 Å². The van der Waals surface area contributed by atoms with Gasteiger partial charge < -0.3 is 4.98 Å². The fourth-order valence-electron chi connectivity index (χ4n) is 2.56. The molecule has 4 rings (SSSR count). The number of hydrogen-bond acceptors (Lipinski definition) is 3. The van der Waals surface area contributed by atoms with Crippen molar-refractivity contribution in [3.8, 4) is 0 Å². The molecule has 0 spiro atoms. The van der Waals surface area contributed by atoms with Gasteiger partial charge in [0.1, 0.15) is 5.52 Å². The van der Waals surface area contributed by atoms with Crippen molar-refractivity contribution in [2.24, 2.45) is 0 Å². The summed E-state index contributed by atoms with van der Waals surface area (Å²) in [6.45, 7) is 0.476. The van der Waals surface area contributed by atoms with Gasteiger partial charge in [0.05, 0.1) is 23.9 Å². The van der Waals surface area contributed by atoms with Gasteiger partial charge in [-0.2, -0.15) is 0 Å². The van der Waals surface area contributed by atoms with Crippen LogP contribution in [0.2, 0.25) is 0 Å². The number of para-hydroxylation sites is 1. The number of H-pyrrole nitrogens is 1. The predicted molar refractivity (Wildman–Crippen MR) is 81.2 cm³/mol. The molecule has 0 atom stereocenters. The van der Waals surface area contributed by atoms with Crippen molar-refractivity contribution in [2.75, 3.05) is 0 Å². The summed E-state index contributed by atoms with van der Waals surface area (Å²) in [6, 6.07) is 11.6. The maximum atomic E-state index is 12.4. The molecule has 0 amide bonds. The lowest BCUT2D eigenvalue weighted by molar-refractivity contribution is 0.750. The zero-order valence-electron chi connectivity index (χ0n) is 11.2. The van der Waals surface area contributed by atoms with Gasteiger partial charge in [0.15, 0.2) is 0 Å². The van der Waals surface area contributed by atoms with Crippen LogP contribution in [0.15, 0.2) is 59.9 Å². The number of hydrogen-bond donors (Lipinski definition) is 1. The van der Waals surface area contributed by atoms with E-state index in [1.54, 1.807) is 29.4 Å². The number of fused-ring (bicyclic) bond motifs is 2. The van der Waals surface area contributed by atoms with E-state index < -0.39 is 0 Å². The van der Waals surface area contributed by atoms with Crippen LogP contribution in [0.25, 0.3) is 21.9 Å². The summed E-state index contributed by atoms with van der Waals surface area (Å²) in [4.78, 5) is 24.0. The van der Waals surface area contributed by atoms with Gasteiger partial charge in [-0.25, -0.2) is 4.98 Å². The minimum atomic E-state index is -0.0640. The summed E-state index contributed by atoms with van der Waals surface area (Å²) in [5, 5.41) is 1.05. The first-order valence-electron chi connectivity index (χ1n) is 6.68. The molecule has 21 heavy (non-hydrogen) atoms. The molecule has 3 aromatic heterocycles. The van der Waals surface area contributed by atoms with E-state index in [0.717, 1.165) is 16.5 Å². The molecule has 0 radical (unpaired) electrons. The topological polar surface area (TPSA) is 63.6 Å². The summed E-state index contributed by atoms with van der Waals surface area (Å²) in [5.74, 6) is 0. The van der Waals surface area contributed by atoms with Crippen molar-refractivity contribution < 1.29 is 0 Å². The molecular formula is C16H12N4O. The van der Waals surface area contributed by atoms with Gasteiger partial charge in [-0.15, -0.1) is 0 Å². The van der Waals surface area contributed by atoms with Gasteiger partial charge >= 0.3 is 0 Å². The van der Waals surface area contributed by atoms with Crippen LogP contribution in [0.1, 0.15) is 5.56 Å². The van der Waals surface area contributed by atoms with Gasteiger partial charge in [-0.3, -0.25) is 14.3 Å². The van der Waals surface area contributed by atoms with Gasteiger partial charge in [-0.1, -0.05) is 18.2 Å². The van der Waals surface area contributed by atoms with E-state index in [1.807, 2.05) is 30.3 Å². The number of aromatic nitrogens is 4. The molecule has 0 aliphatic rings. The molecule has 3 heterocycles. The van der Waals surface area contributed by atoms with Crippen LogP contribution in [0.5, 0.6) is 0 Å². The second-order valence-electron chi connectivity index (χ2n) is 4.90. The number of rotatable bonds is 2. The Morgan fingerprint density at radius 1 is 1.05 bits per heavy atom. The highest BCUT2D eigenvalue weighted by Gasteiger charge is 2.07. The van der Waals surface area contributed by atoms with Gasteiger partial charge in [0, 0.05) is 17.8 Å². The van der Waals surface area contributed by atoms with E-state index in [0.29, 0.717) is 17.6 Å². The Kier molecular flexibility index (Phi) is 2.57. The maximum Gasteiger partial charge on any atom is 0.277 e. The smallest absolute Gasteiger partial charge is 0.277 e. The Morgan fingerprint density at radius 2 is 1.95 bits per heavy atom. The Labute approximate surface area is 119 Å². The Balaban J connectivity index is 1.87. The van der Waals surface area contributed by atoms with Crippen molar-refractivity contribution in [1.82, 2.24) is 19.5 Å². The Morgan fingerprint density at radius 3 is 2.90 bits per heavy atom. The highest BCUT2D eigenvalue weighted by atomic mass is 16.1. The highest BCUT2D eigenvalue weighted by molar-refractivity contribution is 5.81. The SMILES string of the molecule is O=c1c2[nH]ccc2ncn1Cc1ccnc2ccccc12. The molecule has 0 saturated heterocycles. The monoisotopic (exact) mass is 276 g/mol. The van der Waals surface area contributed by atoms with Crippen molar-refractivity contribution in [3.63, 3.8) is 0 Å². The Hall–Kier alpha value is -2.95. The molecule has 102 valence electrons. The quantitative estimate of drug-likeness (QED) is 0.611. The molecular weight excluding hydrogens is 264 g/mol. The lowest BCUT2D eigenvalue weighted by Crippen LogP contribution is -2.21. The molecule has 0 aliphatic heterocycles. The lowest BCUT2D eigenvalue weighted by Gasteiger charge is -2.08. The summed E-state index contributed by atoms with van der Waals surface area (Å²) in [7, 11) is 0. The number of aromatic amines is 1. The standard InChI is InChI=1S/C16H12N4O/c21-16-15-14(6-8-18-15)19-10-20(16)9-11-5-7-17-13-4-2-1-3-12(11)13/h1-8,10,18H,9H2. The zero-order chi connectivity index (χ0) is 14.2. The maximum absolute atomic E-state index is 12.4. The second-order valence-corrected chi connectivity index (χ2v) is 4.90. The first-order chi connectivity index (χ1) is 10.3. The van der Waals surface area contributed by atoms with Crippen LogP contribution in [-0.2, 0) is 6.54 Å². The molecule has 0 bridgehead atoms. The predicted octanol–water partition coefficient (Wildman–Crippen LogP) is 2.32. The van der Waals surface area contributed by atoms with E-state index in [2.05, 4.69) is 15.0 Å². The summed E-state index contributed by atoms with van der Waals surface area (Å²) in [6.07, 6.45) is 5.09. The summed E-state index contributed by atoms with van der Waals surface area (Å²) >= 11 is 0. The molecule has 0 unspecified atom stereocenters. The van der Waals surface area contributed by atoms with Gasteiger partial charge in [0.25, 0.3) is 5.56 Å². The molecule has 1 N–H and O–H groups in total.